The van der Waals surface area contributed by atoms with E-state index in [9.17, 15) is 4.79 Å². The van der Waals surface area contributed by atoms with E-state index in [0.29, 0.717) is 18.2 Å². The van der Waals surface area contributed by atoms with Gasteiger partial charge in [0, 0.05) is 18.1 Å². The summed E-state index contributed by atoms with van der Waals surface area (Å²) in [5.74, 6) is 2.24. The molecule has 2 rings (SSSR count). The largest absolute Gasteiger partial charge is 0.480 e. The number of rotatable bonds is 3. The van der Waals surface area contributed by atoms with E-state index in [1.54, 1.807) is 11.8 Å². The maximum absolute atomic E-state index is 11.1. The summed E-state index contributed by atoms with van der Waals surface area (Å²) in [7, 11) is 0. The van der Waals surface area contributed by atoms with Gasteiger partial charge in [0.05, 0.1) is 12.2 Å². The van der Waals surface area contributed by atoms with Crippen LogP contribution in [-0.4, -0.2) is 45.1 Å². The molecule has 0 bridgehead atoms. The fourth-order valence-corrected chi connectivity index (χ4v) is 2.94. The average molecular weight is 256 g/mol. The molecule has 0 amide bonds. The second-order valence-electron chi connectivity index (χ2n) is 4.15. The molecule has 1 aliphatic heterocycles. The number of thioether (sulfide) groups is 1. The Morgan fingerprint density at radius 1 is 1.65 bits per heavy atom. The summed E-state index contributed by atoms with van der Waals surface area (Å²) in [5.41, 5.74) is 0.873. The zero-order valence-corrected chi connectivity index (χ0v) is 10.8. The number of nitrogens with zero attached hydrogens (tertiary/aromatic N) is 2. The minimum Gasteiger partial charge on any atom is -0.480 e. The smallest absolute Gasteiger partial charge is 0.321 e. The van der Waals surface area contributed by atoms with Gasteiger partial charge in [-0.3, -0.25) is 9.69 Å². The Morgan fingerprint density at radius 2 is 2.41 bits per heavy atom. The standard InChI is InChI=1S/C11H16N2O3S/c1-7-8(2)16-10(12-7)5-13-3-4-17-6-9(13)11(14)15/h9H,3-6H2,1-2H3,(H,14,15). The lowest BCUT2D eigenvalue weighted by Crippen LogP contribution is -2.46. The van der Waals surface area contributed by atoms with Crippen LogP contribution in [-0.2, 0) is 11.3 Å². The van der Waals surface area contributed by atoms with E-state index in [1.165, 1.54) is 0 Å². The number of oxazole rings is 1. The van der Waals surface area contributed by atoms with Crippen molar-refractivity contribution < 1.29 is 14.3 Å². The molecular weight excluding hydrogens is 240 g/mol. The van der Waals surface area contributed by atoms with Crippen LogP contribution >= 0.6 is 11.8 Å². The molecule has 0 spiro atoms. The van der Waals surface area contributed by atoms with Crippen molar-refractivity contribution in [3.05, 3.63) is 17.3 Å². The molecule has 1 atom stereocenters. The maximum atomic E-state index is 11.1. The number of carboxylic acids is 1. The molecule has 1 aromatic heterocycles. The molecule has 94 valence electrons. The molecule has 1 fully saturated rings. The molecule has 1 N–H and O–H groups in total. The third kappa shape index (κ3) is 2.81. The van der Waals surface area contributed by atoms with E-state index < -0.39 is 12.0 Å². The molecular formula is C11H16N2O3S. The van der Waals surface area contributed by atoms with Crippen molar-refractivity contribution >= 4 is 17.7 Å². The summed E-state index contributed by atoms with van der Waals surface area (Å²) in [6.07, 6.45) is 0. The predicted molar refractivity (Wildman–Crippen MR) is 65.1 cm³/mol. The van der Waals surface area contributed by atoms with Crippen molar-refractivity contribution in [1.29, 1.82) is 0 Å². The SMILES string of the molecule is Cc1nc(CN2CCSCC2C(=O)O)oc1C. The summed E-state index contributed by atoms with van der Waals surface area (Å²) in [4.78, 5) is 17.3. The van der Waals surface area contributed by atoms with E-state index in [0.717, 1.165) is 23.8 Å². The number of hydrogen-bond donors (Lipinski definition) is 1. The van der Waals surface area contributed by atoms with Gasteiger partial charge in [0.25, 0.3) is 0 Å². The molecule has 1 aromatic rings. The first-order valence-corrected chi connectivity index (χ1v) is 6.71. The molecule has 0 aromatic carbocycles. The summed E-state index contributed by atoms with van der Waals surface area (Å²) >= 11 is 1.68. The molecule has 0 aliphatic carbocycles. The molecule has 1 unspecified atom stereocenters. The number of carboxylic acid groups (broad SMARTS) is 1. The maximum Gasteiger partial charge on any atom is 0.321 e. The van der Waals surface area contributed by atoms with E-state index in [-0.39, 0.29) is 0 Å². The van der Waals surface area contributed by atoms with Gasteiger partial charge in [0.15, 0.2) is 0 Å². The van der Waals surface area contributed by atoms with Gasteiger partial charge in [-0.05, 0) is 13.8 Å². The fourth-order valence-electron chi connectivity index (χ4n) is 1.84. The van der Waals surface area contributed by atoms with Gasteiger partial charge < -0.3 is 9.52 Å². The van der Waals surface area contributed by atoms with Gasteiger partial charge in [-0.1, -0.05) is 0 Å². The van der Waals surface area contributed by atoms with Crippen molar-refractivity contribution in [2.24, 2.45) is 0 Å². The molecule has 17 heavy (non-hydrogen) atoms. The van der Waals surface area contributed by atoms with Crippen LogP contribution < -0.4 is 0 Å². The Bertz CT molecular complexity index is 399. The van der Waals surface area contributed by atoms with Gasteiger partial charge in [0.2, 0.25) is 5.89 Å². The molecule has 2 heterocycles. The molecule has 0 saturated carbocycles. The Hall–Kier alpha value is -1.01. The highest BCUT2D eigenvalue weighted by molar-refractivity contribution is 7.99. The number of aliphatic carboxylic acids is 1. The highest BCUT2D eigenvalue weighted by Crippen LogP contribution is 2.20. The van der Waals surface area contributed by atoms with Gasteiger partial charge in [-0.15, -0.1) is 0 Å². The highest BCUT2D eigenvalue weighted by Gasteiger charge is 2.29. The first-order chi connectivity index (χ1) is 8.08. The van der Waals surface area contributed by atoms with Crippen LogP contribution in [0.5, 0.6) is 0 Å². The first kappa shape index (κ1) is 12.4. The predicted octanol–water partition coefficient (Wildman–Crippen LogP) is 1.29. The normalized spacial score (nSPS) is 21.6. The zero-order valence-electron chi connectivity index (χ0n) is 9.97. The molecule has 0 radical (unpaired) electrons. The first-order valence-electron chi connectivity index (χ1n) is 5.55. The minimum atomic E-state index is -0.766. The molecule has 1 saturated heterocycles. The summed E-state index contributed by atoms with van der Waals surface area (Å²) in [6, 6.07) is -0.429. The molecule has 1 aliphatic rings. The Balaban J connectivity index is 2.07. The van der Waals surface area contributed by atoms with Crippen molar-refractivity contribution in [1.82, 2.24) is 9.88 Å². The molecule has 5 nitrogen and oxygen atoms in total. The lowest BCUT2D eigenvalue weighted by molar-refractivity contribution is -0.142. The fraction of sp³-hybridized carbons (Fsp3) is 0.636. The summed E-state index contributed by atoms with van der Waals surface area (Å²) in [5, 5.41) is 9.14. The lowest BCUT2D eigenvalue weighted by atomic mass is 10.2. The summed E-state index contributed by atoms with van der Waals surface area (Å²) < 4.78 is 5.49. The Morgan fingerprint density at radius 3 is 3.00 bits per heavy atom. The van der Waals surface area contributed by atoms with Gasteiger partial charge in [-0.2, -0.15) is 11.8 Å². The van der Waals surface area contributed by atoms with Crippen LogP contribution in [0, 0.1) is 13.8 Å². The van der Waals surface area contributed by atoms with Crippen LogP contribution in [0.3, 0.4) is 0 Å². The van der Waals surface area contributed by atoms with Crippen molar-refractivity contribution in [3.63, 3.8) is 0 Å². The monoisotopic (exact) mass is 256 g/mol. The van der Waals surface area contributed by atoms with E-state index >= 15 is 0 Å². The zero-order chi connectivity index (χ0) is 12.4. The second kappa shape index (κ2) is 5.10. The van der Waals surface area contributed by atoms with Crippen molar-refractivity contribution in [2.45, 2.75) is 26.4 Å². The van der Waals surface area contributed by atoms with E-state index in [2.05, 4.69) is 4.98 Å². The summed E-state index contributed by atoms with van der Waals surface area (Å²) in [6.45, 7) is 5.00. The van der Waals surface area contributed by atoms with Crippen molar-refractivity contribution in [2.75, 3.05) is 18.1 Å². The number of hydrogen-bond acceptors (Lipinski definition) is 5. The highest BCUT2D eigenvalue weighted by atomic mass is 32.2. The number of carbonyl (C=O) groups is 1. The van der Waals surface area contributed by atoms with Gasteiger partial charge in [-0.25, -0.2) is 4.98 Å². The third-order valence-electron chi connectivity index (χ3n) is 2.94. The minimum absolute atomic E-state index is 0.429. The number of aromatic nitrogens is 1. The van der Waals surface area contributed by atoms with Crippen LogP contribution in [0.1, 0.15) is 17.3 Å². The average Bonchev–Trinajstić information content (AvgIpc) is 2.58. The van der Waals surface area contributed by atoms with Crippen molar-refractivity contribution in [3.8, 4) is 0 Å². The Kier molecular flexibility index (Phi) is 3.73. The van der Waals surface area contributed by atoms with E-state index in [4.69, 9.17) is 9.52 Å². The van der Waals surface area contributed by atoms with Crippen LogP contribution in [0.4, 0.5) is 0 Å². The second-order valence-corrected chi connectivity index (χ2v) is 5.30. The van der Waals surface area contributed by atoms with Gasteiger partial charge in [0.1, 0.15) is 11.8 Å². The Labute approximate surface area is 104 Å². The lowest BCUT2D eigenvalue weighted by Gasteiger charge is -2.31. The van der Waals surface area contributed by atoms with E-state index in [1.807, 2.05) is 18.7 Å². The van der Waals surface area contributed by atoms with Gasteiger partial charge >= 0.3 is 5.97 Å². The van der Waals surface area contributed by atoms with Crippen LogP contribution in [0.2, 0.25) is 0 Å². The van der Waals surface area contributed by atoms with Crippen LogP contribution in [0.25, 0.3) is 0 Å². The third-order valence-corrected chi connectivity index (χ3v) is 3.96. The molecule has 6 heteroatoms. The van der Waals surface area contributed by atoms with Crippen LogP contribution in [0.15, 0.2) is 4.42 Å². The quantitative estimate of drug-likeness (QED) is 0.879. The number of aryl methyl sites for hydroxylation is 2. The topological polar surface area (TPSA) is 66.6 Å².